The van der Waals surface area contributed by atoms with Gasteiger partial charge >= 0.3 is 0 Å². The van der Waals surface area contributed by atoms with Crippen LogP contribution in [0.15, 0.2) is 70.6 Å². The fourth-order valence-corrected chi connectivity index (χ4v) is 2.11. The number of hydrogen-bond donors (Lipinski definition) is 2. The van der Waals surface area contributed by atoms with Gasteiger partial charge in [-0.1, -0.05) is 54.1 Å². The zero-order chi connectivity index (χ0) is 16.1. The minimum Gasteiger partial charge on any atom is -0.291 e. The van der Waals surface area contributed by atoms with Crippen LogP contribution < -0.4 is 11.0 Å². The molecule has 0 bridgehead atoms. The van der Waals surface area contributed by atoms with Gasteiger partial charge in [0.1, 0.15) is 0 Å². The summed E-state index contributed by atoms with van der Waals surface area (Å²) in [5.74, 6) is 0.279. The van der Waals surface area contributed by atoms with Crippen molar-refractivity contribution >= 4 is 23.8 Å². The maximum absolute atomic E-state index is 11.8. The van der Waals surface area contributed by atoms with Crippen LogP contribution in [0.2, 0.25) is 5.02 Å². The number of hydrazone groups is 1. The molecule has 0 saturated carbocycles. The molecule has 0 saturated heterocycles. The number of benzene rings is 2. The molecule has 0 radical (unpaired) electrons. The van der Waals surface area contributed by atoms with Crippen LogP contribution in [0.25, 0.3) is 11.3 Å². The Hall–Kier alpha value is -2.92. The number of halogens is 1. The lowest BCUT2D eigenvalue weighted by atomic mass is 10.1. The van der Waals surface area contributed by atoms with Crippen LogP contribution >= 0.6 is 11.6 Å². The molecule has 3 rings (SSSR count). The SMILES string of the molecule is O=c1cc(-c2ccccc2)nc(N/N=C/c2ccc(Cl)cc2)[nH]1. The maximum atomic E-state index is 11.8. The van der Waals surface area contributed by atoms with Crippen molar-refractivity contribution in [3.05, 3.63) is 81.6 Å². The van der Waals surface area contributed by atoms with Crippen molar-refractivity contribution in [1.29, 1.82) is 0 Å². The van der Waals surface area contributed by atoms with E-state index in [9.17, 15) is 4.79 Å². The Kier molecular flexibility index (Phi) is 4.49. The summed E-state index contributed by atoms with van der Waals surface area (Å²) in [6, 6.07) is 18.2. The van der Waals surface area contributed by atoms with Crippen LogP contribution in [0.4, 0.5) is 5.95 Å². The summed E-state index contributed by atoms with van der Waals surface area (Å²) in [6.07, 6.45) is 1.62. The van der Waals surface area contributed by atoms with Crippen LogP contribution in [-0.4, -0.2) is 16.2 Å². The summed E-state index contributed by atoms with van der Waals surface area (Å²) in [4.78, 5) is 18.7. The molecular formula is C17H13ClN4O. The van der Waals surface area contributed by atoms with Gasteiger partial charge in [0.15, 0.2) is 0 Å². The molecular weight excluding hydrogens is 312 g/mol. The highest BCUT2D eigenvalue weighted by Crippen LogP contribution is 2.15. The minimum atomic E-state index is -0.247. The first-order chi connectivity index (χ1) is 11.2. The lowest BCUT2D eigenvalue weighted by molar-refractivity contribution is 1.09. The van der Waals surface area contributed by atoms with E-state index in [-0.39, 0.29) is 11.5 Å². The Labute approximate surface area is 137 Å². The van der Waals surface area contributed by atoms with Gasteiger partial charge in [0.25, 0.3) is 5.56 Å². The Morgan fingerprint density at radius 3 is 2.57 bits per heavy atom. The van der Waals surface area contributed by atoms with Crippen LogP contribution in [-0.2, 0) is 0 Å². The maximum Gasteiger partial charge on any atom is 0.252 e. The van der Waals surface area contributed by atoms with Crippen molar-refractivity contribution in [2.24, 2.45) is 5.10 Å². The van der Waals surface area contributed by atoms with E-state index < -0.39 is 0 Å². The average Bonchev–Trinajstić information content (AvgIpc) is 2.57. The summed E-state index contributed by atoms with van der Waals surface area (Å²) in [7, 11) is 0. The first kappa shape index (κ1) is 15.0. The number of nitrogens with zero attached hydrogens (tertiary/aromatic N) is 2. The van der Waals surface area contributed by atoms with Crippen molar-refractivity contribution < 1.29 is 0 Å². The summed E-state index contributed by atoms with van der Waals surface area (Å²) in [5, 5.41) is 4.73. The van der Waals surface area contributed by atoms with Gasteiger partial charge in [0.2, 0.25) is 5.95 Å². The molecule has 0 aliphatic heterocycles. The molecule has 0 aliphatic carbocycles. The molecule has 2 aromatic carbocycles. The van der Waals surface area contributed by atoms with Crippen molar-refractivity contribution in [3.8, 4) is 11.3 Å². The Morgan fingerprint density at radius 1 is 1.09 bits per heavy atom. The number of aromatic amines is 1. The number of nitrogens with one attached hydrogen (secondary N) is 2. The predicted octanol–water partition coefficient (Wildman–Crippen LogP) is 3.54. The van der Waals surface area contributed by atoms with Crippen LogP contribution in [0.1, 0.15) is 5.56 Å². The molecule has 0 spiro atoms. The number of H-pyrrole nitrogens is 1. The molecule has 0 fully saturated rings. The zero-order valence-electron chi connectivity index (χ0n) is 12.0. The third-order valence-electron chi connectivity index (χ3n) is 3.07. The Bertz CT molecular complexity index is 873. The van der Waals surface area contributed by atoms with E-state index in [0.29, 0.717) is 10.7 Å². The van der Waals surface area contributed by atoms with E-state index >= 15 is 0 Å². The second-order valence-electron chi connectivity index (χ2n) is 4.77. The number of aromatic nitrogens is 2. The lowest BCUT2D eigenvalue weighted by Crippen LogP contribution is -2.10. The van der Waals surface area contributed by atoms with Crippen molar-refractivity contribution in [3.63, 3.8) is 0 Å². The molecule has 5 nitrogen and oxygen atoms in total. The van der Waals surface area contributed by atoms with Crippen LogP contribution in [0, 0.1) is 0 Å². The van der Waals surface area contributed by atoms with Gasteiger partial charge in [0, 0.05) is 16.7 Å². The highest BCUT2D eigenvalue weighted by Gasteiger charge is 2.02. The van der Waals surface area contributed by atoms with Gasteiger partial charge in [-0.25, -0.2) is 10.4 Å². The predicted molar refractivity (Wildman–Crippen MR) is 93.0 cm³/mol. The standard InChI is InChI=1S/C17H13ClN4O/c18-14-8-6-12(7-9-14)11-19-22-17-20-15(10-16(23)21-17)13-4-2-1-3-5-13/h1-11H,(H2,20,21,22,23)/b19-11+. The number of hydrogen-bond acceptors (Lipinski definition) is 4. The van der Waals surface area contributed by atoms with Crippen LogP contribution in [0.5, 0.6) is 0 Å². The van der Waals surface area contributed by atoms with Gasteiger partial charge in [-0.2, -0.15) is 5.10 Å². The Balaban J connectivity index is 1.79. The molecule has 23 heavy (non-hydrogen) atoms. The normalized spacial score (nSPS) is 10.8. The molecule has 0 atom stereocenters. The van der Waals surface area contributed by atoms with Crippen molar-refractivity contribution in [2.45, 2.75) is 0 Å². The summed E-state index contributed by atoms with van der Waals surface area (Å²) >= 11 is 5.82. The molecule has 0 amide bonds. The first-order valence-corrected chi connectivity index (χ1v) is 7.30. The highest BCUT2D eigenvalue weighted by atomic mass is 35.5. The molecule has 1 aromatic heterocycles. The fourth-order valence-electron chi connectivity index (χ4n) is 1.98. The largest absolute Gasteiger partial charge is 0.291 e. The highest BCUT2D eigenvalue weighted by molar-refractivity contribution is 6.30. The van der Waals surface area contributed by atoms with Gasteiger partial charge in [-0.15, -0.1) is 0 Å². The van der Waals surface area contributed by atoms with E-state index in [1.54, 1.807) is 18.3 Å². The zero-order valence-corrected chi connectivity index (χ0v) is 12.8. The number of anilines is 1. The first-order valence-electron chi connectivity index (χ1n) is 6.92. The Morgan fingerprint density at radius 2 is 1.83 bits per heavy atom. The van der Waals surface area contributed by atoms with E-state index in [1.165, 1.54) is 6.07 Å². The number of rotatable bonds is 4. The third-order valence-corrected chi connectivity index (χ3v) is 3.32. The molecule has 1 heterocycles. The molecule has 3 aromatic rings. The smallest absolute Gasteiger partial charge is 0.252 e. The molecule has 114 valence electrons. The molecule has 6 heteroatoms. The second kappa shape index (κ2) is 6.89. The lowest BCUT2D eigenvalue weighted by Gasteiger charge is -2.03. The monoisotopic (exact) mass is 324 g/mol. The van der Waals surface area contributed by atoms with E-state index in [4.69, 9.17) is 11.6 Å². The molecule has 0 aliphatic rings. The minimum absolute atomic E-state index is 0.247. The fraction of sp³-hybridized carbons (Fsp3) is 0. The van der Waals surface area contributed by atoms with Gasteiger partial charge in [0.05, 0.1) is 11.9 Å². The van der Waals surface area contributed by atoms with Gasteiger partial charge in [-0.3, -0.25) is 9.78 Å². The average molecular weight is 325 g/mol. The van der Waals surface area contributed by atoms with Crippen molar-refractivity contribution in [2.75, 3.05) is 5.43 Å². The summed E-state index contributed by atoms with van der Waals surface area (Å²) in [5.41, 5.74) is 4.81. The van der Waals surface area contributed by atoms with E-state index in [1.807, 2.05) is 42.5 Å². The quantitative estimate of drug-likeness (QED) is 0.569. The van der Waals surface area contributed by atoms with Gasteiger partial charge in [-0.05, 0) is 17.7 Å². The topological polar surface area (TPSA) is 70.1 Å². The second-order valence-corrected chi connectivity index (χ2v) is 5.20. The molecule has 2 N–H and O–H groups in total. The van der Waals surface area contributed by atoms with E-state index in [2.05, 4.69) is 20.5 Å². The van der Waals surface area contributed by atoms with Gasteiger partial charge < -0.3 is 0 Å². The summed E-state index contributed by atoms with van der Waals surface area (Å²) in [6.45, 7) is 0. The van der Waals surface area contributed by atoms with Crippen molar-refractivity contribution in [1.82, 2.24) is 9.97 Å². The van der Waals surface area contributed by atoms with Crippen LogP contribution in [0.3, 0.4) is 0 Å². The molecule has 0 unspecified atom stereocenters. The van der Waals surface area contributed by atoms with E-state index in [0.717, 1.165) is 11.1 Å². The summed E-state index contributed by atoms with van der Waals surface area (Å²) < 4.78 is 0. The third kappa shape index (κ3) is 4.05.